The maximum Gasteiger partial charge on any atom is 0.410 e. The van der Waals surface area contributed by atoms with Gasteiger partial charge in [0.25, 0.3) is 0 Å². The molecule has 0 N–H and O–H groups in total. The average Bonchev–Trinajstić information content (AvgIpc) is 3.07. The van der Waals surface area contributed by atoms with Gasteiger partial charge < -0.3 is 14.4 Å². The number of carbonyl (C=O) groups excluding carboxylic acids is 1. The van der Waals surface area contributed by atoms with Gasteiger partial charge in [-0.1, -0.05) is 5.21 Å². The Morgan fingerprint density at radius 1 is 1.23 bits per heavy atom. The molecule has 0 bridgehead atoms. The molecule has 0 atom stereocenters. The number of carbonyl (C=O) groups is 1. The summed E-state index contributed by atoms with van der Waals surface area (Å²) in [6, 6.07) is 3.86. The summed E-state index contributed by atoms with van der Waals surface area (Å²) in [4.78, 5) is 19.0. The largest absolute Gasteiger partial charge is 0.489 e. The van der Waals surface area contributed by atoms with Gasteiger partial charge in [-0.15, -0.1) is 5.10 Å². The molecule has 3 fully saturated rings. The predicted octanol–water partition coefficient (Wildman–Crippen LogP) is 3.63. The van der Waals surface area contributed by atoms with E-state index in [0.717, 1.165) is 49.5 Å². The molecular weight excluding hydrogens is 382 g/mol. The Labute approximate surface area is 176 Å². The Balaban J connectivity index is 1.27. The first-order valence-corrected chi connectivity index (χ1v) is 11.0. The molecule has 1 spiro atoms. The minimum Gasteiger partial charge on any atom is -0.489 e. The number of ether oxygens (including phenoxy) is 2. The lowest BCUT2D eigenvalue weighted by molar-refractivity contribution is 0.100. The third-order valence-electron chi connectivity index (χ3n) is 6.80. The first-order chi connectivity index (χ1) is 14.5. The third-order valence-corrected chi connectivity index (χ3v) is 6.80. The van der Waals surface area contributed by atoms with Gasteiger partial charge in [0.15, 0.2) is 0 Å². The zero-order chi connectivity index (χ0) is 20.7. The molecule has 160 valence electrons. The summed E-state index contributed by atoms with van der Waals surface area (Å²) in [7, 11) is 1.80. The molecule has 0 aromatic carbocycles. The van der Waals surface area contributed by atoms with E-state index in [0.29, 0.717) is 22.9 Å². The van der Waals surface area contributed by atoms with Crippen molar-refractivity contribution >= 4 is 6.09 Å². The van der Waals surface area contributed by atoms with Crippen molar-refractivity contribution in [3.8, 4) is 17.1 Å². The number of rotatable bonds is 5. The van der Waals surface area contributed by atoms with Crippen LogP contribution in [-0.4, -0.2) is 50.2 Å². The fourth-order valence-electron chi connectivity index (χ4n) is 4.63. The first-order valence-electron chi connectivity index (χ1n) is 11.0. The molecule has 8 heteroatoms. The molecule has 3 aliphatic rings. The van der Waals surface area contributed by atoms with Gasteiger partial charge >= 0.3 is 6.09 Å². The summed E-state index contributed by atoms with van der Waals surface area (Å²) < 4.78 is 13.4. The fourth-order valence-corrected chi connectivity index (χ4v) is 4.63. The lowest BCUT2D eigenvalue weighted by Crippen LogP contribution is -2.29. The summed E-state index contributed by atoms with van der Waals surface area (Å²) in [6.07, 6.45) is 8.29. The van der Waals surface area contributed by atoms with Gasteiger partial charge in [0.2, 0.25) is 0 Å². The Hall–Kier alpha value is -2.64. The molecule has 1 amide bonds. The SMILES string of the molecule is Cc1nc(-c2nnn(C)c2COC(=O)N2CCC3(CC3)C2)ccc1OC1CCCC1. The van der Waals surface area contributed by atoms with E-state index in [1.165, 1.54) is 25.7 Å². The molecule has 3 heterocycles. The van der Waals surface area contributed by atoms with Crippen LogP contribution in [-0.2, 0) is 18.4 Å². The van der Waals surface area contributed by atoms with Crippen LogP contribution < -0.4 is 4.74 Å². The van der Waals surface area contributed by atoms with Crippen LogP contribution in [0.5, 0.6) is 5.75 Å². The van der Waals surface area contributed by atoms with Crippen LogP contribution in [0.3, 0.4) is 0 Å². The van der Waals surface area contributed by atoms with E-state index in [4.69, 9.17) is 14.5 Å². The average molecular weight is 412 g/mol. The summed E-state index contributed by atoms with van der Waals surface area (Å²) in [6.45, 7) is 3.69. The predicted molar refractivity (Wildman–Crippen MR) is 110 cm³/mol. The van der Waals surface area contributed by atoms with Crippen LogP contribution in [0.1, 0.15) is 56.3 Å². The number of nitrogens with zero attached hydrogens (tertiary/aromatic N) is 5. The van der Waals surface area contributed by atoms with Crippen molar-refractivity contribution in [2.24, 2.45) is 12.5 Å². The van der Waals surface area contributed by atoms with Gasteiger partial charge in [-0.25, -0.2) is 14.5 Å². The van der Waals surface area contributed by atoms with Crippen LogP contribution in [0.15, 0.2) is 12.1 Å². The third kappa shape index (κ3) is 3.75. The topological polar surface area (TPSA) is 82.4 Å². The second-order valence-electron chi connectivity index (χ2n) is 9.04. The summed E-state index contributed by atoms with van der Waals surface area (Å²) in [5, 5.41) is 8.40. The highest BCUT2D eigenvalue weighted by atomic mass is 16.6. The van der Waals surface area contributed by atoms with Crippen LogP contribution >= 0.6 is 0 Å². The molecule has 2 aromatic rings. The maximum absolute atomic E-state index is 12.5. The monoisotopic (exact) mass is 411 g/mol. The highest BCUT2D eigenvalue weighted by molar-refractivity contribution is 5.68. The Morgan fingerprint density at radius 3 is 2.73 bits per heavy atom. The molecule has 30 heavy (non-hydrogen) atoms. The van der Waals surface area contributed by atoms with E-state index in [1.54, 1.807) is 11.7 Å². The lowest BCUT2D eigenvalue weighted by Gasteiger charge is -2.16. The molecule has 8 nitrogen and oxygen atoms in total. The lowest BCUT2D eigenvalue weighted by atomic mass is 10.1. The minimum atomic E-state index is -0.254. The highest BCUT2D eigenvalue weighted by Crippen LogP contribution is 2.52. The first kappa shape index (κ1) is 19.3. The van der Waals surface area contributed by atoms with Gasteiger partial charge in [0.1, 0.15) is 23.7 Å². The zero-order valence-electron chi connectivity index (χ0n) is 17.8. The Kier molecular flexibility index (Phi) is 4.87. The van der Waals surface area contributed by atoms with Gasteiger partial charge in [0.05, 0.1) is 17.5 Å². The van der Waals surface area contributed by atoms with Crippen molar-refractivity contribution in [1.82, 2.24) is 24.9 Å². The number of likely N-dealkylation sites (tertiary alicyclic amines) is 1. The fraction of sp³-hybridized carbons (Fsp3) is 0.636. The van der Waals surface area contributed by atoms with Crippen LogP contribution in [0, 0.1) is 12.3 Å². The molecule has 5 rings (SSSR count). The number of aromatic nitrogens is 4. The molecule has 2 saturated carbocycles. The van der Waals surface area contributed by atoms with E-state index in [-0.39, 0.29) is 12.7 Å². The Morgan fingerprint density at radius 2 is 2.03 bits per heavy atom. The zero-order valence-corrected chi connectivity index (χ0v) is 17.8. The van der Waals surface area contributed by atoms with E-state index in [1.807, 2.05) is 24.0 Å². The van der Waals surface area contributed by atoms with Crippen molar-refractivity contribution in [1.29, 1.82) is 0 Å². The quantitative estimate of drug-likeness (QED) is 0.747. The smallest absolute Gasteiger partial charge is 0.410 e. The summed E-state index contributed by atoms with van der Waals surface area (Å²) in [5.74, 6) is 0.825. The van der Waals surface area contributed by atoms with E-state index >= 15 is 0 Å². The van der Waals surface area contributed by atoms with Crippen molar-refractivity contribution in [2.75, 3.05) is 13.1 Å². The molecule has 0 radical (unpaired) electrons. The maximum atomic E-state index is 12.5. The summed E-state index contributed by atoms with van der Waals surface area (Å²) in [5.41, 5.74) is 3.31. The molecule has 2 aliphatic carbocycles. The molecule has 1 aliphatic heterocycles. The van der Waals surface area contributed by atoms with Crippen LogP contribution in [0.4, 0.5) is 4.79 Å². The van der Waals surface area contributed by atoms with Gasteiger partial charge in [-0.2, -0.15) is 0 Å². The molecule has 1 saturated heterocycles. The standard InChI is InChI=1S/C22H29N5O3/c1-15-19(30-16-5-3-4-6-16)8-7-17(23-15)20-18(26(2)25-24-20)13-29-21(28)27-12-11-22(14-27)9-10-22/h7-8,16H,3-6,9-14H2,1-2H3. The highest BCUT2D eigenvalue weighted by Gasteiger charge is 2.49. The van der Waals surface area contributed by atoms with E-state index in [2.05, 4.69) is 10.3 Å². The molecular formula is C22H29N5O3. The van der Waals surface area contributed by atoms with Crippen molar-refractivity contribution in [3.63, 3.8) is 0 Å². The Bertz CT molecular complexity index is 946. The van der Waals surface area contributed by atoms with Crippen molar-refractivity contribution in [2.45, 2.75) is 64.6 Å². The number of hydrogen-bond donors (Lipinski definition) is 0. The van der Waals surface area contributed by atoms with Crippen LogP contribution in [0.25, 0.3) is 11.4 Å². The van der Waals surface area contributed by atoms with E-state index < -0.39 is 0 Å². The van der Waals surface area contributed by atoms with E-state index in [9.17, 15) is 4.79 Å². The van der Waals surface area contributed by atoms with Crippen molar-refractivity contribution < 1.29 is 14.3 Å². The van der Waals surface area contributed by atoms with Gasteiger partial charge in [-0.05, 0) is 69.4 Å². The van der Waals surface area contributed by atoms with Gasteiger partial charge in [0, 0.05) is 20.1 Å². The number of pyridine rings is 1. The molecule has 0 unspecified atom stereocenters. The number of aryl methyl sites for hydroxylation is 2. The second kappa shape index (κ2) is 7.56. The molecule has 2 aromatic heterocycles. The van der Waals surface area contributed by atoms with Crippen molar-refractivity contribution in [3.05, 3.63) is 23.5 Å². The number of amides is 1. The van der Waals surface area contributed by atoms with Gasteiger partial charge in [-0.3, -0.25) is 0 Å². The number of hydrogen-bond acceptors (Lipinski definition) is 6. The van der Waals surface area contributed by atoms with Crippen LogP contribution in [0.2, 0.25) is 0 Å². The summed E-state index contributed by atoms with van der Waals surface area (Å²) >= 11 is 0. The normalized spacial score (nSPS) is 20.1. The second-order valence-corrected chi connectivity index (χ2v) is 9.04. The minimum absolute atomic E-state index is 0.127.